The van der Waals surface area contributed by atoms with Gasteiger partial charge in [-0.1, -0.05) is 0 Å². The molecule has 0 radical (unpaired) electrons. The molecule has 5 nitrogen and oxygen atoms in total. The fourth-order valence-electron chi connectivity index (χ4n) is 2.21. The van der Waals surface area contributed by atoms with Gasteiger partial charge in [0.25, 0.3) is 11.5 Å². The van der Waals surface area contributed by atoms with Crippen molar-refractivity contribution in [1.29, 1.82) is 0 Å². The summed E-state index contributed by atoms with van der Waals surface area (Å²) < 4.78 is 1.50. The van der Waals surface area contributed by atoms with E-state index < -0.39 is 0 Å². The standard InChI is InChI=1S/C15H17N3O2/c1-8-6-11-12(7-9(8)2)18(3)15(20)13(17-11)14(19)16-10-4-5-10/h6-7,10H,4-5H2,1-3H3,(H,16,19). The Morgan fingerprint density at radius 2 is 1.95 bits per heavy atom. The summed E-state index contributed by atoms with van der Waals surface area (Å²) in [6, 6.07) is 4.06. The highest BCUT2D eigenvalue weighted by atomic mass is 16.2. The number of nitrogens with one attached hydrogen (secondary N) is 1. The number of carbonyl (C=O) groups excluding carboxylic acids is 1. The maximum atomic E-state index is 12.3. The number of aromatic nitrogens is 2. The molecule has 1 N–H and O–H groups in total. The lowest BCUT2D eigenvalue weighted by molar-refractivity contribution is 0.0944. The second kappa shape index (κ2) is 4.44. The fourth-order valence-corrected chi connectivity index (χ4v) is 2.21. The first kappa shape index (κ1) is 12.8. The van der Waals surface area contributed by atoms with Gasteiger partial charge in [0.1, 0.15) is 0 Å². The Labute approximate surface area is 116 Å². The van der Waals surface area contributed by atoms with Crippen molar-refractivity contribution in [3.63, 3.8) is 0 Å². The van der Waals surface area contributed by atoms with Crippen LogP contribution in [0.5, 0.6) is 0 Å². The molecule has 0 aliphatic heterocycles. The van der Waals surface area contributed by atoms with Gasteiger partial charge in [0, 0.05) is 13.1 Å². The summed E-state index contributed by atoms with van der Waals surface area (Å²) >= 11 is 0. The van der Waals surface area contributed by atoms with Crippen LogP contribution in [-0.4, -0.2) is 21.5 Å². The van der Waals surface area contributed by atoms with Crippen molar-refractivity contribution in [3.8, 4) is 0 Å². The Hall–Kier alpha value is -2.17. The minimum absolute atomic E-state index is 0.0184. The van der Waals surface area contributed by atoms with E-state index in [1.54, 1.807) is 7.05 Å². The normalized spacial score (nSPS) is 14.6. The Morgan fingerprint density at radius 3 is 2.60 bits per heavy atom. The molecule has 1 aliphatic rings. The van der Waals surface area contributed by atoms with Crippen LogP contribution < -0.4 is 10.9 Å². The van der Waals surface area contributed by atoms with Crippen LogP contribution in [0.4, 0.5) is 0 Å². The minimum atomic E-state index is -0.367. The zero-order chi connectivity index (χ0) is 14.4. The van der Waals surface area contributed by atoms with Gasteiger partial charge in [-0.05, 0) is 49.9 Å². The van der Waals surface area contributed by atoms with E-state index in [9.17, 15) is 9.59 Å². The number of rotatable bonds is 2. The van der Waals surface area contributed by atoms with Crippen LogP contribution in [0.15, 0.2) is 16.9 Å². The van der Waals surface area contributed by atoms with E-state index in [1.165, 1.54) is 4.57 Å². The molecule has 0 spiro atoms. The zero-order valence-corrected chi connectivity index (χ0v) is 11.9. The van der Waals surface area contributed by atoms with Crippen molar-refractivity contribution in [1.82, 2.24) is 14.9 Å². The van der Waals surface area contributed by atoms with Crippen LogP contribution in [-0.2, 0) is 7.05 Å². The molecule has 5 heteroatoms. The largest absolute Gasteiger partial charge is 0.348 e. The van der Waals surface area contributed by atoms with E-state index in [2.05, 4.69) is 10.3 Å². The molecule has 1 aromatic heterocycles. The smallest absolute Gasteiger partial charge is 0.282 e. The Bertz CT molecular complexity index is 773. The number of benzene rings is 1. The van der Waals surface area contributed by atoms with Gasteiger partial charge in [-0.3, -0.25) is 9.59 Å². The number of fused-ring (bicyclic) bond motifs is 1. The van der Waals surface area contributed by atoms with Crippen LogP contribution >= 0.6 is 0 Å². The predicted octanol–water partition coefficient (Wildman–Crippen LogP) is 1.44. The first-order chi connectivity index (χ1) is 9.47. The Morgan fingerprint density at radius 1 is 1.30 bits per heavy atom. The average Bonchev–Trinajstić information content (AvgIpc) is 3.20. The van der Waals surface area contributed by atoms with Gasteiger partial charge in [0.2, 0.25) is 0 Å². The molecule has 0 bridgehead atoms. The molecule has 1 aliphatic carbocycles. The molecule has 104 valence electrons. The number of amides is 1. The lowest BCUT2D eigenvalue weighted by Crippen LogP contribution is -2.34. The highest BCUT2D eigenvalue weighted by Crippen LogP contribution is 2.19. The average molecular weight is 271 g/mol. The maximum absolute atomic E-state index is 12.3. The minimum Gasteiger partial charge on any atom is -0.348 e. The summed E-state index contributed by atoms with van der Waals surface area (Å²) in [6.07, 6.45) is 1.97. The van der Waals surface area contributed by atoms with Gasteiger partial charge in [0.15, 0.2) is 5.69 Å². The molecule has 1 amide bonds. The molecule has 0 unspecified atom stereocenters. The number of hydrogen-bond acceptors (Lipinski definition) is 3. The summed E-state index contributed by atoms with van der Waals surface area (Å²) in [5.74, 6) is -0.367. The highest BCUT2D eigenvalue weighted by Gasteiger charge is 2.26. The Kier molecular flexibility index (Phi) is 2.85. The zero-order valence-electron chi connectivity index (χ0n) is 11.9. The van der Waals surface area contributed by atoms with Gasteiger partial charge in [-0.25, -0.2) is 4.98 Å². The van der Waals surface area contributed by atoms with Crippen molar-refractivity contribution < 1.29 is 4.79 Å². The lowest BCUT2D eigenvalue weighted by Gasteiger charge is -2.10. The maximum Gasteiger partial charge on any atom is 0.282 e. The number of aryl methyl sites for hydroxylation is 3. The fraction of sp³-hybridized carbons (Fsp3) is 0.400. The quantitative estimate of drug-likeness (QED) is 0.899. The van der Waals surface area contributed by atoms with E-state index in [1.807, 2.05) is 26.0 Å². The second-order valence-electron chi connectivity index (χ2n) is 5.50. The van der Waals surface area contributed by atoms with E-state index >= 15 is 0 Å². The predicted molar refractivity (Wildman–Crippen MR) is 76.9 cm³/mol. The topological polar surface area (TPSA) is 64.0 Å². The molecule has 20 heavy (non-hydrogen) atoms. The van der Waals surface area contributed by atoms with Gasteiger partial charge in [-0.15, -0.1) is 0 Å². The summed E-state index contributed by atoms with van der Waals surface area (Å²) in [4.78, 5) is 28.6. The molecule has 3 rings (SSSR count). The molecule has 0 saturated heterocycles. The van der Waals surface area contributed by atoms with Crippen molar-refractivity contribution in [2.75, 3.05) is 0 Å². The van der Waals surface area contributed by atoms with Crippen LogP contribution in [0.3, 0.4) is 0 Å². The van der Waals surface area contributed by atoms with Gasteiger partial charge >= 0.3 is 0 Å². The SMILES string of the molecule is Cc1cc2nc(C(=O)NC3CC3)c(=O)n(C)c2cc1C. The molecule has 0 atom stereocenters. The summed E-state index contributed by atoms with van der Waals surface area (Å²) in [5.41, 5.74) is 3.26. The lowest BCUT2D eigenvalue weighted by atomic mass is 10.1. The summed E-state index contributed by atoms with van der Waals surface area (Å²) in [7, 11) is 1.68. The second-order valence-corrected chi connectivity index (χ2v) is 5.50. The Balaban J connectivity index is 2.18. The van der Waals surface area contributed by atoms with E-state index in [0.717, 1.165) is 29.5 Å². The van der Waals surface area contributed by atoms with Crippen molar-refractivity contribution >= 4 is 16.9 Å². The third-order valence-electron chi connectivity index (χ3n) is 3.82. The monoisotopic (exact) mass is 271 g/mol. The summed E-state index contributed by atoms with van der Waals surface area (Å²) in [5, 5.41) is 2.81. The van der Waals surface area contributed by atoms with Crippen LogP contribution in [0.25, 0.3) is 11.0 Å². The highest BCUT2D eigenvalue weighted by molar-refractivity contribution is 5.94. The van der Waals surface area contributed by atoms with Crippen LogP contribution in [0.2, 0.25) is 0 Å². The van der Waals surface area contributed by atoms with Crippen LogP contribution in [0, 0.1) is 13.8 Å². The van der Waals surface area contributed by atoms with Crippen LogP contribution in [0.1, 0.15) is 34.5 Å². The first-order valence-electron chi connectivity index (χ1n) is 6.76. The van der Waals surface area contributed by atoms with Gasteiger partial charge in [0.05, 0.1) is 11.0 Å². The third kappa shape index (κ3) is 2.09. The molecule has 1 fully saturated rings. The molecule has 1 aromatic carbocycles. The molecule has 1 saturated carbocycles. The van der Waals surface area contributed by atoms with Gasteiger partial charge < -0.3 is 9.88 Å². The van der Waals surface area contributed by atoms with E-state index in [0.29, 0.717) is 5.52 Å². The summed E-state index contributed by atoms with van der Waals surface area (Å²) in [6.45, 7) is 3.98. The molecular weight excluding hydrogens is 254 g/mol. The van der Waals surface area contributed by atoms with Crippen molar-refractivity contribution in [2.24, 2.45) is 7.05 Å². The molecule has 2 aromatic rings. The number of nitrogens with zero attached hydrogens (tertiary/aromatic N) is 2. The number of hydrogen-bond donors (Lipinski definition) is 1. The van der Waals surface area contributed by atoms with Crippen molar-refractivity contribution in [3.05, 3.63) is 39.3 Å². The molecular formula is C15H17N3O2. The van der Waals surface area contributed by atoms with Gasteiger partial charge in [-0.2, -0.15) is 0 Å². The van der Waals surface area contributed by atoms with E-state index in [-0.39, 0.29) is 23.2 Å². The first-order valence-corrected chi connectivity index (χ1v) is 6.76. The molecule has 1 heterocycles. The van der Waals surface area contributed by atoms with E-state index in [4.69, 9.17) is 0 Å². The van der Waals surface area contributed by atoms with Crippen molar-refractivity contribution in [2.45, 2.75) is 32.7 Å². The number of carbonyl (C=O) groups is 1. The third-order valence-corrected chi connectivity index (χ3v) is 3.82.